The second-order valence-corrected chi connectivity index (χ2v) is 42.8. The summed E-state index contributed by atoms with van der Waals surface area (Å²) < 4.78 is 30.8. The molecule has 16 atom stereocenters. The summed E-state index contributed by atoms with van der Waals surface area (Å²) >= 11 is 12.3. The van der Waals surface area contributed by atoms with Gasteiger partial charge in [-0.05, 0) is 291 Å². The topological polar surface area (TPSA) is 228 Å². The Labute approximate surface area is 664 Å². The average molecular weight is 1550 g/mol. The SMILES string of the molecule is CC(C)C1=C2[C@H]3CC[C@@H]4[C@@]5(C)CC[C@H](OC(=O)CC(C)(C)C(=O)O)C(C)(C)[C@@H]5CC[C@@]4(C)[C@]3(C)CC[C@@]2(Cc2nnc(-c3ccc(Cl)cc3)o2)CC1=O.CC(C)C1=C2[C@H]3CC[C@@H]4[C@@]5(C)CC[C@H](OC(=O)CC(C)(C)C(=O)OC(C)(C)C)C(C)(C)[C@@H]5CC[C@@]4(C)[C@]3(C)CC[C@@]2(Cc2nnc(-c3ccc(Cl)cc3)o2)CC1=O. The largest absolute Gasteiger partial charge is 0.481 e. The standard InChI is InChI=1S/C48H67ClN2O6.C44H59ClN2O6/c1-28(2)38-32(52)25-48(26-36-50-51-40(56-36)29-13-15-30(49)16-14-29)24-23-46(11)31(39(38)48)17-18-34-45(10)21-20-35(44(8,9)33(45)19-22-47(34,46)12)55-37(53)27-43(6,7)41(54)57-42(3,4)5;1-25(2)35-29(48)22-44(23-33-46-47-37(53-33)26-10-12-27(45)13-11-26)21-20-42(8)28(36(35)44)14-15-31-41(7)18-17-32(52-34(49)24-39(3,4)38(50)51)40(5,6)30(41)16-19-43(31,42)9/h13-16,28,31,33-35H,17-27H2,1-12H3;10-13,25,28,30-32H,14-24H2,1-9H3,(H,50,51)/t31-,33+,34-,35+,45+,46-,47-,48+;28-,30+,31-,32+,41+,42-,43-,44+/m11/s1. The van der Waals surface area contributed by atoms with Crippen molar-refractivity contribution in [1.82, 2.24) is 20.4 Å². The highest BCUT2D eigenvalue weighted by molar-refractivity contribution is 6.31. The van der Waals surface area contributed by atoms with E-state index >= 15 is 0 Å². The molecule has 0 saturated heterocycles. The molecule has 8 fully saturated rings. The van der Waals surface area contributed by atoms with Gasteiger partial charge < -0.3 is 28.2 Å². The van der Waals surface area contributed by atoms with Crippen molar-refractivity contribution in [3.8, 4) is 22.9 Å². The molecule has 1 N–H and O–H groups in total. The number of carboxylic acids is 1. The maximum absolute atomic E-state index is 14.2. The normalized spacial score (nSPS) is 35.6. The Balaban J connectivity index is 0.000000194. The summed E-state index contributed by atoms with van der Waals surface area (Å²) in [6.07, 6.45) is 17.9. The Morgan fingerprint density at radius 2 is 0.855 bits per heavy atom. The second-order valence-electron chi connectivity index (χ2n) is 41.9. The van der Waals surface area contributed by atoms with Crippen LogP contribution in [-0.4, -0.2) is 78.8 Å². The fourth-order valence-electron chi connectivity index (χ4n) is 26.6. The van der Waals surface area contributed by atoms with Crippen LogP contribution in [0.15, 0.2) is 79.7 Å². The molecular formula is C92H126Cl2N4O12. The first-order valence-electron chi connectivity index (χ1n) is 41.6. The van der Waals surface area contributed by atoms with Gasteiger partial charge in [-0.1, -0.05) is 131 Å². The summed E-state index contributed by atoms with van der Waals surface area (Å²) in [6, 6.07) is 14.9. The zero-order valence-corrected chi connectivity index (χ0v) is 71.4. The molecule has 0 amide bonds. The lowest BCUT2D eigenvalue weighted by Gasteiger charge is -2.72. The third-order valence-corrected chi connectivity index (χ3v) is 32.9. The van der Waals surface area contributed by atoms with Crippen LogP contribution in [0.4, 0.5) is 0 Å². The van der Waals surface area contributed by atoms with Gasteiger partial charge in [-0.3, -0.25) is 28.8 Å². The molecule has 18 heteroatoms. The molecule has 8 saturated carbocycles. The highest BCUT2D eigenvalue weighted by Gasteiger charge is 2.73. The number of rotatable bonds is 16. The Bertz CT molecular complexity index is 4340. The van der Waals surface area contributed by atoms with Gasteiger partial charge in [0.05, 0.1) is 23.7 Å². The number of hydrogen-bond acceptors (Lipinski definition) is 15. The van der Waals surface area contributed by atoms with Crippen molar-refractivity contribution in [1.29, 1.82) is 0 Å². The number of ketones is 2. The molecule has 10 aliphatic rings. The van der Waals surface area contributed by atoms with Crippen molar-refractivity contribution in [2.45, 2.75) is 304 Å². The molecule has 0 spiro atoms. The molecule has 14 rings (SSSR count). The number of carboxylic acid groups (broad SMARTS) is 1. The van der Waals surface area contributed by atoms with Crippen LogP contribution >= 0.6 is 23.2 Å². The van der Waals surface area contributed by atoms with E-state index in [4.69, 9.17) is 46.2 Å². The Morgan fingerprint density at radius 1 is 0.482 bits per heavy atom. The summed E-state index contributed by atoms with van der Waals surface area (Å²) in [5, 5.41) is 28.9. The van der Waals surface area contributed by atoms with Gasteiger partial charge in [0.15, 0.2) is 11.6 Å². The van der Waals surface area contributed by atoms with E-state index < -0.39 is 28.4 Å². The Kier molecular flexibility index (Phi) is 21.0. The van der Waals surface area contributed by atoms with Crippen LogP contribution in [0, 0.1) is 112 Å². The maximum Gasteiger partial charge on any atom is 0.312 e. The van der Waals surface area contributed by atoms with Gasteiger partial charge >= 0.3 is 23.9 Å². The maximum atomic E-state index is 14.2. The highest BCUT2D eigenvalue weighted by Crippen LogP contribution is 2.79. The van der Waals surface area contributed by atoms with E-state index in [0.29, 0.717) is 106 Å². The Morgan fingerprint density at radius 3 is 1.21 bits per heavy atom. The van der Waals surface area contributed by atoms with E-state index in [9.17, 15) is 33.9 Å². The van der Waals surface area contributed by atoms with Crippen LogP contribution in [0.5, 0.6) is 0 Å². The molecule has 2 heterocycles. The summed E-state index contributed by atoms with van der Waals surface area (Å²) in [5.74, 6) is 3.32. The van der Waals surface area contributed by atoms with E-state index in [1.54, 1.807) is 27.7 Å². The van der Waals surface area contributed by atoms with E-state index in [0.717, 1.165) is 125 Å². The summed E-state index contributed by atoms with van der Waals surface area (Å²) in [6.45, 7) is 45.6. The van der Waals surface area contributed by atoms with Crippen molar-refractivity contribution in [2.75, 3.05) is 0 Å². The number of esters is 3. The van der Waals surface area contributed by atoms with E-state index in [1.807, 2.05) is 69.3 Å². The number of nitrogens with zero attached hydrogens (tertiary/aromatic N) is 4. The Hall–Kier alpha value is -6.00. The minimum Gasteiger partial charge on any atom is -0.481 e. The zero-order valence-electron chi connectivity index (χ0n) is 69.9. The molecule has 0 unspecified atom stereocenters. The fraction of sp³-hybridized carbons (Fsp3) is 0.717. The monoisotopic (exact) mass is 1550 g/mol. The number of halogens is 2. The van der Waals surface area contributed by atoms with Crippen LogP contribution in [0.1, 0.15) is 286 Å². The van der Waals surface area contributed by atoms with Crippen molar-refractivity contribution >= 4 is 58.6 Å². The smallest absolute Gasteiger partial charge is 0.312 e. The molecule has 2 aromatic carbocycles. The molecular weight excluding hydrogens is 1420 g/mol. The first-order valence-corrected chi connectivity index (χ1v) is 42.4. The van der Waals surface area contributed by atoms with Crippen LogP contribution in [0.25, 0.3) is 22.9 Å². The van der Waals surface area contributed by atoms with Gasteiger partial charge in [0.1, 0.15) is 17.8 Å². The zero-order chi connectivity index (χ0) is 80.2. The first-order chi connectivity index (χ1) is 51.0. The third-order valence-electron chi connectivity index (χ3n) is 32.4. The van der Waals surface area contributed by atoms with Gasteiger partial charge in [0.25, 0.3) is 0 Å². The lowest BCUT2D eigenvalue weighted by atomic mass is 9.33. The van der Waals surface area contributed by atoms with Gasteiger partial charge in [-0.25, -0.2) is 0 Å². The molecule has 16 nitrogen and oxygen atoms in total. The lowest BCUT2D eigenvalue weighted by Crippen LogP contribution is -2.65. The summed E-state index contributed by atoms with van der Waals surface area (Å²) in [5.41, 5.74) is 3.08. The van der Waals surface area contributed by atoms with Gasteiger partial charge in [0.2, 0.25) is 23.6 Å². The number of benzene rings is 2. The van der Waals surface area contributed by atoms with Crippen molar-refractivity contribution in [2.24, 2.45) is 112 Å². The third kappa shape index (κ3) is 13.6. The van der Waals surface area contributed by atoms with E-state index in [2.05, 4.69) is 117 Å². The molecule has 110 heavy (non-hydrogen) atoms. The number of aromatic nitrogens is 4. The van der Waals surface area contributed by atoms with Gasteiger partial charge in [-0.2, -0.15) is 0 Å². The highest BCUT2D eigenvalue weighted by atomic mass is 35.5. The minimum absolute atomic E-state index is 0.00884. The molecule has 0 radical (unpaired) electrons. The van der Waals surface area contributed by atoms with Crippen LogP contribution in [0.2, 0.25) is 10.0 Å². The van der Waals surface area contributed by atoms with Crippen molar-refractivity contribution in [3.63, 3.8) is 0 Å². The predicted molar refractivity (Wildman–Crippen MR) is 426 cm³/mol. The number of hydrogen-bond donors (Lipinski definition) is 1. The molecule has 2 aromatic heterocycles. The second kappa shape index (κ2) is 28.2. The summed E-state index contributed by atoms with van der Waals surface area (Å²) in [7, 11) is 0. The molecule has 600 valence electrons. The number of ether oxygens (including phenoxy) is 3. The fourth-order valence-corrected chi connectivity index (χ4v) is 26.9. The van der Waals surface area contributed by atoms with Gasteiger partial charge in [0, 0.05) is 68.5 Å². The van der Waals surface area contributed by atoms with E-state index in [-0.39, 0.29) is 103 Å². The molecule has 0 aliphatic heterocycles. The number of allylic oxidation sites excluding steroid dienone is 4. The molecule has 0 bridgehead atoms. The van der Waals surface area contributed by atoms with Crippen molar-refractivity contribution < 1.29 is 56.9 Å². The quantitative estimate of drug-likeness (QED) is 0.0812. The number of carbonyl (C=O) groups is 6. The minimum atomic E-state index is -1.16. The van der Waals surface area contributed by atoms with Crippen LogP contribution in [0.3, 0.4) is 0 Å². The summed E-state index contributed by atoms with van der Waals surface area (Å²) in [4.78, 5) is 79.6. The molecule has 4 aromatic rings. The number of fused-ring (bicyclic) bond motifs is 14. The lowest BCUT2D eigenvalue weighted by molar-refractivity contribution is -0.233. The average Bonchev–Trinajstić information content (AvgIpc) is 1.15. The predicted octanol–water partition coefficient (Wildman–Crippen LogP) is 21.9. The van der Waals surface area contributed by atoms with Crippen molar-refractivity contribution in [3.05, 3.63) is 92.7 Å². The molecule has 10 aliphatic carbocycles. The number of aliphatic carboxylic acids is 1. The van der Waals surface area contributed by atoms with Gasteiger partial charge in [-0.15, -0.1) is 20.4 Å². The first kappa shape index (κ1) is 82.0. The number of Topliss-reactive ketones (excluding diaryl/α,β-unsaturated/α-hetero) is 2. The number of carbonyl (C=O) groups excluding carboxylic acids is 5. The van der Waals surface area contributed by atoms with E-state index in [1.165, 1.54) is 11.1 Å². The van der Waals surface area contributed by atoms with Crippen LogP contribution in [-0.2, 0) is 55.8 Å². The van der Waals surface area contributed by atoms with Crippen LogP contribution < -0.4 is 0 Å².